The van der Waals surface area contributed by atoms with Crippen LogP contribution in [0.4, 0.5) is 14.9 Å². The highest BCUT2D eigenvalue weighted by Gasteiger charge is 2.53. The lowest BCUT2D eigenvalue weighted by atomic mass is 10.1. The zero-order valence-corrected chi connectivity index (χ0v) is 20.0. The van der Waals surface area contributed by atoms with Crippen molar-refractivity contribution in [2.75, 3.05) is 51.4 Å². The summed E-state index contributed by atoms with van der Waals surface area (Å²) in [6, 6.07) is 2.61. The van der Waals surface area contributed by atoms with Crippen LogP contribution in [0.1, 0.15) is 37.0 Å². The monoisotopic (exact) mass is 489 g/mol. The number of pyridine rings is 1. The van der Waals surface area contributed by atoms with Gasteiger partial charge in [-0.15, -0.1) is 0 Å². The molecular weight excluding hydrogens is 461 g/mol. The van der Waals surface area contributed by atoms with Crippen LogP contribution >= 0.6 is 0 Å². The largest absolute Gasteiger partial charge is 0.467 e. The molecule has 1 amide bonds. The number of halogens is 1. The molecule has 2 aliphatic rings. The molecule has 1 saturated carbocycles. The van der Waals surface area contributed by atoms with E-state index in [2.05, 4.69) is 0 Å². The number of esters is 2. The fourth-order valence-corrected chi connectivity index (χ4v) is 4.48. The molecule has 10 nitrogen and oxygen atoms in total. The highest BCUT2D eigenvalue weighted by atomic mass is 19.1. The summed E-state index contributed by atoms with van der Waals surface area (Å²) < 4.78 is 31.9. The topological polar surface area (TPSA) is 107 Å². The summed E-state index contributed by atoms with van der Waals surface area (Å²) in [6.45, 7) is 5.07. The molecule has 11 heteroatoms. The van der Waals surface area contributed by atoms with E-state index in [0.29, 0.717) is 44.5 Å². The number of ether oxygens (including phenoxy) is 3. The summed E-state index contributed by atoms with van der Waals surface area (Å²) in [6.07, 6.45) is 1.79. The summed E-state index contributed by atoms with van der Waals surface area (Å²) in [5.74, 6) is -1.99. The molecule has 35 heavy (non-hydrogen) atoms. The van der Waals surface area contributed by atoms with E-state index in [9.17, 15) is 19.2 Å². The molecule has 1 aliphatic carbocycles. The Balaban J connectivity index is 1.80. The van der Waals surface area contributed by atoms with Crippen molar-refractivity contribution < 1.29 is 33.0 Å². The molecule has 0 atom stereocenters. The van der Waals surface area contributed by atoms with Gasteiger partial charge in [0.15, 0.2) is 0 Å². The number of anilines is 1. The second kappa shape index (κ2) is 9.55. The SMILES string of the molecule is CCOC(=O)c1cn(C2(C(=O)OC)CC2)c2cc(N3CCN(C(=O)OCC)CC3)c(F)cc2c1=O. The van der Waals surface area contributed by atoms with Gasteiger partial charge in [-0.3, -0.25) is 4.79 Å². The maximum atomic E-state index is 15.3. The van der Waals surface area contributed by atoms with Crippen LogP contribution in [-0.4, -0.2) is 74.0 Å². The molecule has 1 aliphatic heterocycles. The summed E-state index contributed by atoms with van der Waals surface area (Å²) in [4.78, 5) is 53.6. The first-order valence-electron chi connectivity index (χ1n) is 11.6. The standard InChI is InChI=1S/C24H28FN3O7/c1-4-34-21(30)16-14-28(24(6-7-24)22(31)33-3)18-13-19(17(25)12-15(18)20(16)29)26-8-10-27(11-9-26)23(32)35-5-2/h12-14H,4-11H2,1-3H3. The van der Waals surface area contributed by atoms with Crippen molar-refractivity contribution in [1.29, 1.82) is 0 Å². The van der Waals surface area contributed by atoms with Gasteiger partial charge >= 0.3 is 18.0 Å². The maximum absolute atomic E-state index is 15.3. The van der Waals surface area contributed by atoms with Gasteiger partial charge in [0.1, 0.15) is 16.9 Å². The van der Waals surface area contributed by atoms with Gasteiger partial charge in [0.2, 0.25) is 5.43 Å². The van der Waals surface area contributed by atoms with E-state index in [0.717, 1.165) is 6.07 Å². The van der Waals surface area contributed by atoms with Crippen LogP contribution in [-0.2, 0) is 24.5 Å². The molecule has 0 radical (unpaired) electrons. The van der Waals surface area contributed by atoms with Gasteiger partial charge in [-0.2, -0.15) is 0 Å². The van der Waals surface area contributed by atoms with Crippen molar-refractivity contribution in [2.45, 2.75) is 32.2 Å². The van der Waals surface area contributed by atoms with Gasteiger partial charge in [0.05, 0.1) is 31.5 Å². The van der Waals surface area contributed by atoms with Gasteiger partial charge in [0.25, 0.3) is 0 Å². The molecule has 0 unspecified atom stereocenters. The van der Waals surface area contributed by atoms with E-state index in [-0.39, 0.29) is 29.9 Å². The second-order valence-electron chi connectivity index (χ2n) is 8.48. The molecule has 2 fully saturated rings. The van der Waals surface area contributed by atoms with Gasteiger partial charge in [-0.1, -0.05) is 0 Å². The van der Waals surface area contributed by atoms with Gasteiger partial charge in [-0.25, -0.2) is 18.8 Å². The lowest BCUT2D eigenvalue weighted by Gasteiger charge is -2.35. The normalized spacial score (nSPS) is 16.7. The van der Waals surface area contributed by atoms with Crippen molar-refractivity contribution in [3.63, 3.8) is 0 Å². The van der Waals surface area contributed by atoms with E-state index in [1.54, 1.807) is 28.2 Å². The van der Waals surface area contributed by atoms with Gasteiger partial charge in [-0.05, 0) is 38.8 Å². The first kappa shape index (κ1) is 24.5. The number of amides is 1. The number of benzene rings is 1. The highest BCUT2D eigenvalue weighted by molar-refractivity contribution is 5.96. The van der Waals surface area contributed by atoms with Gasteiger partial charge in [0, 0.05) is 37.8 Å². The number of rotatable bonds is 6. The Morgan fingerprint density at radius 2 is 1.69 bits per heavy atom. The number of carbonyl (C=O) groups excluding carboxylic acids is 3. The third-order valence-electron chi connectivity index (χ3n) is 6.46. The van der Waals surface area contributed by atoms with Crippen LogP contribution in [0.25, 0.3) is 10.9 Å². The van der Waals surface area contributed by atoms with Crippen molar-refractivity contribution in [3.05, 3.63) is 39.9 Å². The average Bonchev–Trinajstić information content (AvgIpc) is 3.66. The van der Waals surface area contributed by atoms with Crippen LogP contribution in [0, 0.1) is 5.82 Å². The van der Waals surface area contributed by atoms with Gasteiger partial charge < -0.3 is 28.6 Å². The number of hydrogen-bond donors (Lipinski definition) is 0. The number of fused-ring (bicyclic) bond motifs is 1. The molecule has 1 aromatic heterocycles. The lowest BCUT2D eigenvalue weighted by Crippen LogP contribution is -2.49. The third kappa shape index (κ3) is 4.30. The molecule has 0 spiro atoms. The first-order valence-corrected chi connectivity index (χ1v) is 11.6. The Morgan fingerprint density at radius 3 is 2.26 bits per heavy atom. The zero-order chi connectivity index (χ0) is 25.3. The number of carbonyl (C=O) groups is 3. The van der Waals surface area contributed by atoms with E-state index in [1.165, 1.54) is 19.4 Å². The van der Waals surface area contributed by atoms with E-state index in [4.69, 9.17) is 14.2 Å². The average molecular weight is 490 g/mol. The number of aromatic nitrogens is 1. The fourth-order valence-electron chi connectivity index (χ4n) is 4.48. The molecular formula is C24H28FN3O7. The molecule has 0 bridgehead atoms. The van der Waals surface area contributed by atoms with Crippen LogP contribution in [0.2, 0.25) is 0 Å². The van der Waals surface area contributed by atoms with Crippen molar-refractivity contribution in [3.8, 4) is 0 Å². The Labute approximate surface area is 201 Å². The number of piperazine rings is 1. The summed E-state index contributed by atoms with van der Waals surface area (Å²) in [7, 11) is 1.27. The van der Waals surface area contributed by atoms with Crippen LogP contribution in [0.5, 0.6) is 0 Å². The lowest BCUT2D eigenvalue weighted by molar-refractivity contribution is -0.146. The summed E-state index contributed by atoms with van der Waals surface area (Å²) in [5.41, 5.74) is -1.48. The Kier molecular flexibility index (Phi) is 6.68. The number of hydrogen-bond acceptors (Lipinski definition) is 8. The maximum Gasteiger partial charge on any atom is 0.409 e. The van der Waals surface area contributed by atoms with Crippen molar-refractivity contribution >= 4 is 34.6 Å². The highest BCUT2D eigenvalue weighted by Crippen LogP contribution is 2.46. The molecule has 2 aromatic rings. The minimum atomic E-state index is -1.08. The zero-order valence-electron chi connectivity index (χ0n) is 20.0. The van der Waals surface area contributed by atoms with Crippen LogP contribution in [0.3, 0.4) is 0 Å². The first-order chi connectivity index (χ1) is 16.8. The number of methoxy groups -OCH3 is 1. The van der Waals surface area contributed by atoms with Crippen LogP contribution < -0.4 is 10.3 Å². The molecule has 2 heterocycles. The van der Waals surface area contributed by atoms with E-state index >= 15 is 4.39 Å². The second-order valence-corrected chi connectivity index (χ2v) is 8.48. The minimum Gasteiger partial charge on any atom is -0.467 e. The number of nitrogens with zero attached hydrogens (tertiary/aromatic N) is 3. The third-order valence-corrected chi connectivity index (χ3v) is 6.46. The Morgan fingerprint density at radius 1 is 1.03 bits per heavy atom. The van der Waals surface area contributed by atoms with Crippen LogP contribution in [0.15, 0.2) is 23.1 Å². The molecule has 0 N–H and O–H groups in total. The van der Waals surface area contributed by atoms with Crippen molar-refractivity contribution in [2.24, 2.45) is 0 Å². The van der Waals surface area contributed by atoms with E-state index in [1.807, 2.05) is 0 Å². The van der Waals surface area contributed by atoms with Crippen molar-refractivity contribution in [1.82, 2.24) is 9.47 Å². The minimum absolute atomic E-state index is 0.0304. The molecule has 1 saturated heterocycles. The fraction of sp³-hybridized carbons (Fsp3) is 0.500. The van der Waals surface area contributed by atoms with E-state index < -0.39 is 34.8 Å². The smallest absolute Gasteiger partial charge is 0.409 e. The Bertz CT molecular complexity index is 1230. The molecule has 4 rings (SSSR count). The summed E-state index contributed by atoms with van der Waals surface area (Å²) >= 11 is 0. The predicted molar refractivity (Wildman–Crippen MR) is 124 cm³/mol. The summed E-state index contributed by atoms with van der Waals surface area (Å²) in [5, 5.41) is -0.0304. The Hall–Kier alpha value is -3.63. The predicted octanol–water partition coefficient (Wildman–Crippen LogP) is 2.26. The quantitative estimate of drug-likeness (QED) is 0.449. The molecule has 1 aromatic carbocycles. The molecule has 188 valence electrons.